The Morgan fingerprint density at radius 2 is 1.81 bits per heavy atom. The van der Waals surface area contributed by atoms with Gasteiger partial charge in [0.1, 0.15) is 10.5 Å². The molecule has 0 radical (unpaired) electrons. The average molecular weight is 570 g/mol. The number of urea groups is 1. The van der Waals surface area contributed by atoms with Gasteiger partial charge in [-0.3, -0.25) is 19.7 Å². The molecule has 0 atom stereocenters. The van der Waals surface area contributed by atoms with E-state index in [0.717, 1.165) is 4.88 Å². The standard InChI is InChI=1S/C25H30Cl2N4O5S/c1-24(2,3)17-13-14(20(37-17)29-23(36)28-16-8-6-7-15(26)19(16)27)21(34)31-12-11-30(10-9-18(32)33)22(35)25(31,4)5/h6-8,13H,9-12H2,1-5H3,(H,32,33)(H2,28,29,36). The molecule has 1 fully saturated rings. The number of nitrogens with zero attached hydrogens (tertiary/aromatic N) is 2. The zero-order valence-corrected chi connectivity index (χ0v) is 23.6. The molecule has 3 rings (SSSR count). The Kier molecular flexibility index (Phi) is 8.46. The Morgan fingerprint density at radius 1 is 1.14 bits per heavy atom. The number of piperazine rings is 1. The third kappa shape index (κ3) is 6.37. The van der Waals surface area contributed by atoms with Gasteiger partial charge in [0, 0.05) is 24.5 Å². The summed E-state index contributed by atoms with van der Waals surface area (Å²) in [5, 5.41) is 15.2. The van der Waals surface area contributed by atoms with Gasteiger partial charge in [0.25, 0.3) is 5.91 Å². The van der Waals surface area contributed by atoms with E-state index >= 15 is 0 Å². The van der Waals surface area contributed by atoms with Gasteiger partial charge in [0.15, 0.2) is 0 Å². The number of carbonyl (C=O) groups excluding carboxylic acids is 3. The summed E-state index contributed by atoms with van der Waals surface area (Å²) in [6.07, 6.45) is -0.172. The molecule has 200 valence electrons. The molecule has 1 aromatic carbocycles. The maximum atomic E-state index is 13.8. The molecule has 0 unspecified atom stereocenters. The minimum absolute atomic E-state index is 0.0747. The molecular weight excluding hydrogens is 539 g/mol. The van der Waals surface area contributed by atoms with Gasteiger partial charge in [-0.2, -0.15) is 0 Å². The first kappa shape index (κ1) is 28.7. The number of halogens is 2. The molecule has 0 bridgehead atoms. The normalized spacial score (nSPS) is 15.5. The van der Waals surface area contributed by atoms with Gasteiger partial charge in [-0.25, -0.2) is 4.79 Å². The molecule has 37 heavy (non-hydrogen) atoms. The number of nitrogens with one attached hydrogen (secondary N) is 2. The zero-order chi connectivity index (χ0) is 27.7. The fraction of sp³-hybridized carbons (Fsp3) is 0.440. The van der Waals surface area contributed by atoms with Crippen molar-refractivity contribution in [3.63, 3.8) is 0 Å². The SMILES string of the molecule is CC(C)(C)c1cc(C(=O)N2CCN(CCC(=O)O)C(=O)C2(C)C)c(NC(=O)Nc2cccc(Cl)c2Cl)s1. The summed E-state index contributed by atoms with van der Waals surface area (Å²) in [6.45, 7) is 9.78. The zero-order valence-electron chi connectivity index (χ0n) is 21.3. The molecule has 1 saturated heterocycles. The largest absolute Gasteiger partial charge is 0.481 e. The topological polar surface area (TPSA) is 119 Å². The third-order valence-electron chi connectivity index (χ3n) is 6.05. The summed E-state index contributed by atoms with van der Waals surface area (Å²) in [5.41, 5.74) is -0.919. The first-order valence-electron chi connectivity index (χ1n) is 11.6. The highest BCUT2D eigenvalue weighted by atomic mass is 35.5. The number of anilines is 2. The molecule has 2 aromatic rings. The molecule has 1 aromatic heterocycles. The highest BCUT2D eigenvalue weighted by molar-refractivity contribution is 7.16. The molecular formula is C25H30Cl2N4O5S. The van der Waals surface area contributed by atoms with E-state index < -0.39 is 23.4 Å². The number of amides is 4. The summed E-state index contributed by atoms with van der Waals surface area (Å²) in [6, 6.07) is 5.99. The summed E-state index contributed by atoms with van der Waals surface area (Å²) >= 11 is 13.5. The lowest BCUT2D eigenvalue weighted by Gasteiger charge is -2.45. The highest BCUT2D eigenvalue weighted by Gasteiger charge is 2.45. The molecule has 0 saturated carbocycles. The van der Waals surface area contributed by atoms with Crippen molar-refractivity contribution in [3.8, 4) is 0 Å². The van der Waals surface area contributed by atoms with Crippen LogP contribution in [0.5, 0.6) is 0 Å². The van der Waals surface area contributed by atoms with Crippen LogP contribution in [0.15, 0.2) is 24.3 Å². The van der Waals surface area contributed by atoms with E-state index in [1.54, 1.807) is 38.1 Å². The number of carboxylic acids is 1. The van der Waals surface area contributed by atoms with Crippen molar-refractivity contribution in [2.45, 2.75) is 52.0 Å². The van der Waals surface area contributed by atoms with E-state index in [-0.39, 0.29) is 53.0 Å². The molecule has 1 aliphatic heterocycles. The maximum absolute atomic E-state index is 13.8. The second-order valence-corrected chi connectivity index (χ2v) is 12.1. The number of benzene rings is 1. The summed E-state index contributed by atoms with van der Waals surface area (Å²) < 4.78 is 0. The third-order valence-corrected chi connectivity index (χ3v) is 8.34. The minimum atomic E-state index is -1.20. The number of thiophene rings is 1. The predicted octanol–water partition coefficient (Wildman–Crippen LogP) is 5.53. The molecule has 3 N–H and O–H groups in total. The van der Waals surface area contributed by atoms with Gasteiger partial charge in [0.2, 0.25) is 5.91 Å². The highest BCUT2D eigenvalue weighted by Crippen LogP contribution is 2.38. The molecule has 12 heteroatoms. The Hall–Kier alpha value is -2.82. The predicted molar refractivity (Wildman–Crippen MR) is 146 cm³/mol. The van der Waals surface area contributed by atoms with Crippen LogP contribution >= 0.6 is 34.5 Å². The van der Waals surface area contributed by atoms with Crippen LogP contribution in [0.4, 0.5) is 15.5 Å². The van der Waals surface area contributed by atoms with E-state index in [1.807, 2.05) is 20.8 Å². The number of hydrogen-bond acceptors (Lipinski definition) is 5. The van der Waals surface area contributed by atoms with Crippen molar-refractivity contribution >= 4 is 69.0 Å². The van der Waals surface area contributed by atoms with Crippen molar-refractivity contribution in [1.82, 2.24) is 9.80 Å². The number of carbonyl (C=O) groups is 4. The fourth-order valence-corrected chi connectivity index (χ4v) is 5.37. The van der Waals surface area contributed by atoms with Crippen molar-refractivity contribution in [1.29, 1.82) is 0 Å². The van der Waals surface area contributed by atoms with Gasteiger partial charge in [0.05, 0.1) is 27.7 Å². The Balaban J connectivity index is 1.88. The van der Waals surface area contributed by atoms with E-state index in [9.17, 15) is 19.2 Å². The first-order valence-corrected chi connectivity index (χ1v) is 13.2. The number of hydrogen-bond donors (Lipinski definition) is 3. The second-order valence-electron chi connectivity index (χ2n) is 10.2. The molecule has 0 spiro atoms. The Bertz CT molecular complexity index is 1240. The van der Waals surface area contributed by atoms with Gasteiger partial charge >= 0.3 is 12.0 Å². The molecule has 0 aliphatic carbocycles. The van der Waals surface area contributed by atoms with Gasteiger partial charge in [-0.1, -0.05) is 50.0 Å². The summed E-state index contributed by atoms with van der Waals surface area (Å²) in [4.78, 5) is 54.6. The van der Waals surface area contributed by atoms with Crippen LogP contribution in [0.25, 0.3) is 0 Å². The van der Waals surface area contributed by atoms with Crippen LogP contribution in [-0.4, -0.2) is 63.9 Å². The lowest BCUT2D eigenvalue weighted by Crippen LogP contribution is -2.64. The van der Waals surface area contributed by atoms with Crippen molar-refractivity contribution < 1.29 is 24.3 Å². The summed E-state index contributed by atoms with van der Waals surface area (Å²) in [5.74, 6) is -1.73. The maximum Gasteiger partial charge on any atom is 0.324 e. The first-order chi connectivity index (χ1) is 17.1. The summed E-state index contributed by atoms with van der Waals surface area (Å²) in [7, 11) is 0. The van der Waals surface area contributed by atoms with Crippen LogP contribution in [-0.2, 0) is 15.0 Å². The lowest BCUT2D eigenvalue weighted by atomic mass is 9.93. The molecule has 4 amide bonds. The van der Waals surface area contributed by atoms with Gasteiger partial charge < -0.3 is 20.2 Å². The molecule has 1 aliphatic rings. The van der Waals surface area contributed by atoms with Crippen LogP contribution in [0.3, 0.4) is 0 Å². The van der Waals surface area contributed by atoms with Crippen molar-refractivity contribution in [3.05, 3.63) is 44.8 Å². The fourth-order valence-electron chi connectivity index (χ4n) is 3.92. The number of aliphatic carboxylic acids is 1. The van der Waals surface area contributed by atoms with Crippen LogP contribution in [0.1, 0.15) is 56.3 Å². The van der Waals surface area contributed by atoms with Crippen LogP contribution in [0, 0.1) is 0 Å². The Labute approximate surface area is 229 Å². The molecule has 2 heterocycles. The quantitative estimate of drug-likeness (QED) is 0.423. The van der Waals surface area contributed by atoms with Crippen LogP contribution in [0.2, 0.25) is 10.0 Å². The van der Waals surface area contributed by atoms with Crippen molar-refractivity contribution in [2.75, 3.05) is 30.3 Å². The number of rotatable bonds is 6. The second kappa shape index (κ2) is 10.9. The van der Waals surface area contributed by atoms with E-state index in [2.05, 4.69) is 10.6 Å². The average Bonchev–Trinajstić information content (AvgIpc) is 3.21. The lowest BCUT2D eigenvalue weighted by molar-refractivity contribution is -0.147. The smallest absolute Gasteiger partial charge is 0.324 e. The van der Waals surface area contributed by atoms with Crippen molar-refractivity contribution in [2.24, 2.45) is 0 Å². The number of carboxylic acid groups (broad SMARTS) is 1. The molecule has 9 nitrogen and oxygen atoms in total. The monoisotopic (exact) mass is 568 g/mol. The van der Waals surface area contributed by atoms with E-state index in [1.165, 1.54) is 21.1 Å². The Morgan fingerprint density at radius 3 is 2.43 bits per heavy atom. The van der Waals surface area contributed by atoms with E-state index in [0.29, 0.717) is 10.7 Å². The van der Waals surface area contributed by atoms with Gasteiger partial charge in [-0.05, 0) is 37.5 Å². The van der Waals surface area contributed by atoms with Gasteiger partial charge in [-0.15, -0.1) is 11.3 Å². The minimum Gasteiger partial charge on any atom is -0.481 e. The van der Waals surface area contributed by atoms with E-state index in [4.69, 9.17) is 28.3 Å². The van der Waals surface area contributed by atoms with Crippen LogP contribution < -0.4 is 10.6 Å².